The highest BCUT2D eigenvalue weighted by atomic mass is 79.9. The van der Waals surface area contributed by atoms with Crippen LogP contribution in [0.15, 0.2) is 22.7 Å². The van der Waals surface area contributed by atoms with E-state index in [4.69, 9.17) is 15.6 Å². The summed E-state index contributed by atoms with van der Waals surface area (Å²) in [6, 6.07) is 4.83. The van der Waals surface area contributed by atoms with E-state index in [-0.39, 0.29) is 12.0 Å². The first-order valence-electron chi connectivity index (χ1n) is 5.88. The Morgan fingerprint density at radius 1 is 1.47 bits per heavy atom. The lowest BCUT2D eigenvalue weighted by atomic mass is 9.74. The molecular formula is C13H16BrF2NO2. The van der Waals surface area contributed by atoms with Crippen LogP contribution in [0, 0.1) is 0 Å². The van der Waals surface area contributed by atoms with E-state index < -0.39 is 23.7 Å². The Morgan fingerprint density at radius 3 is 2.68 bits per heavy atom. The molecule has 3 N–H and O–H groups in total. The summed E-state index contributed by atoms with van der Waals surface area (Å²) < 4.78 is 34.6. The number of fused-ring (bicyclic) bond motifs is 1. The predicted molar refractivity (Wildman–Crippen MR) is 71.4 cm³/mol. The molecule has 1 aliphatic heterocycles. The van der Waals surface area contributed by atoms with Crippen LogP contribution < -0.4 is 10.5 Å². The molecule has 0 unspecified atom stereocenters. The lowest BCUT2D eigenvalue weighted by molar-refractivity contribution is -0.140. The highest BCUT2D eigenvalue weighted by Gasteiger charge is 2.57. The highest BCUT2D eigenvalue weighted by Crippen LogP contribution is 2.49. The first kappa shape index (κ1) is 14.7. The number of aliphatic hydroxyl groups excluding tert-OH is 1. The Hall–Kier alpha value is -0.720. The number of benzene rings is 1. The van der Waals surface area contributed by atoms with E-state index in [1.807, 2.05) is 0 Å². The first-order chi connectivity index (χ1) is 8.61. The zero-order valence-electron chi connectivity index (χ0n) is 10.7. The van der Waals surface area contributed by atoms with Crippen molar-refractivity contribution < 1.29 is 18.6 Å². The zero-order valence-corrected chi connectivity index (χ0v) is 12.3. The minimum atomic E-state index is -3.43. The van der Waals surface area contributed by atoms with E-state index in [9.17, 15) is 8.78 Å². The molecule has 19 heavy (non-hydrogen) atoms. The molecule has 0 amide bonds. The van der Waals surface area contributed by atoms with Gasteiger partial charge in [-0.3, -0.25) is 0 Å². The van der Waals surface area contributed by atoms with E-state index in [2.05, 4.69) is 15.9 Å². The molecule has 0 saturated carbocycles. The zero-order chi connectivity index (χ0) is 14.5. The third kappa shape index (κ3) is 2.37. The molecular weight excluding hydrogens is 320 g/mol. The second-order valence-corrected chi connectivity index (χ2v) is 6.43. The molecule has 0 spiro atoms. The molecule has 1 aromatic carbocycles. The van der Waals surface area contributed by atoms with Gasteiger partial charge >= 0.3 is 0 Å². The van der Waals surface area contributed by atoms with Crippen molar-refractivity contribution >= 4 is 15.9 Å². The fraction of sp³-hybridized carbons (Fsp3) is 0.538. The SMILES string of the molecule is CC1(C)C[C@@](N)(C(F)(F)CO)c2cc(Br)ccc2O1. The molecule has 0 aromatic heterocycles. The number of ether oxygens (including phenoxy) is 1. The van der Waals surface area contributed by atoms with Crippen molar-refractivity contribution in [2.45, 2.75) is 37.3 Å². The van der Waals surface area contributed by atoms with E-state index in [0.717, 1.165) is 0 Å². The minimum Gasteiger partial charge on any atom is -0.487 e. The van der Waals surface area contributed by atoms with Gasteiger partial charge in [-0.05, 0) is 32.0 Å². The molecule has 0 aliphatic carbocycles. The molecule has 0 saturated heterocycles. The molecule has 2 rings (SSSR count). The van der Waals surface area contributed by atoms with Crippen LogP contribution in [0.5, 0.6) is 5.75 Å². The average Bonchev–Trinajstić information content (AvgIpc) is 2.29. The number of aliphatic hydroxyl groups is 1. The number of halogens is 3. The van der Waals surface area contributed by atoms with Gasteiger partial charge in [-0.15, -0.1) is 0 Å². The molecule has 1 aromatic rings. The van der Waals surface area contributed by atoms with Gasteiger partial charge in [0.1, 0.15) is 23.5 Å². The summed E-state index contributed by atoms with van der Waals surface area (Å²) in [6.45, 7) is 2.10. The van der Waals surface area contributed by atoms with Crippen molar-refractivity contribution in [2.24, 2.45) is 5.73 Å². The quantitative estimate of drug-likeness (QED) is 0.873. The van der Waals surface area contributed by atoms with Gasteiger partial charge in [-0.2, -0.15) is 0 Å². The first-order valence-corrected chi connectivity index (χ1v) is 6.67. The van der Waals surface area contributed by atoms with Crippen molar-refractivity contribution in [3.8, 4) is 5.75 Å². The third-order valence-electron chi connectivity index (χ3n) is 3.36. The van der Waals surface area contributed by atoms with Gasteiger partial charge in [0.05, 0.1) is 0 Å². The number of rotatable bonds is 2. The van der Waals surface area contributed by atoms with E-state index in [1.54, 1.807) is 26.0 Å². The molecule has 3 nitrogen and oxygen atoms in total. The van der Waals surface area contributed by atoms with Gasteiger partial charge in [0.15, 0.2) is 0 Å². The normalized spacial score (nSPS) is 25.6. The Labute approximate surface area is 118 Å². The van der Waals surface area contributed by atoms with Crippen LogP contribution >= 0.6 is 15.9 Å². The topological polar surface area (TPSA) is 55.5 Å². The van der Waals surface area contributed by atoms with Gasteiger partial charge in [-0.25, -0.2) is 8.78 Å². The van der Waals surface area contributed by atoms with Crippen LogP contribution in [0.1, 0.15) is 25.8 Å². The lowest BCUT2D eigenvalue weighted by Crippen LogP contribution is -2.61. The summed E-state index contributed by atoms with van der Waals surface area (Å²) >= 11 is 3.24. The van der Waals surface area contributed by atoms with Crippen LogP contribution in [0.2, 0.25) is 0 Å². The third-order valence-corrected chi connectivity index (χ3v) is 3.86. The van der Waals surface area contributed by atoms with Gasteiger partial charge in [0.2, 0.25) is 0 Å². The maximum absolute atomic E-state index is 14.1. The summed E-state index contributed by atoms with van der Waals surface area (Å²) in [4.78, 5) is 0. The van der Waals surface area contributed by atoms with Crippen molar-refractivity contribution in [3.63, 3.8) is 0 Å². The summed E-state index contributed by atoms with van der Waals surface area (Å²) in [5.41, 5.74) is 3.42. The maximum Gasteiger partial charge on any atom is 0.292 e. The highest BCUT2D eigenvalue weighted by molar-refractivity contribution is 9.10. The van der Waals surface area contributed by atoms with E-state index in [0.29, 0.717) is 10.2 Å². The number of hydrogen-bond acceptors (Lipinski definition) is 3. The van der Waals surface area contributed by atoms with Gasteiger partial charge < -0.3 is 15.6 Å². The maximum atomic E-state index is 14.1. The molecule has 0 radical (unpaired) electrons. The van der Waals surface area contributed by atoms with Gasteiger partial charge in [0, 0.05) is 16.5 Å². The summed E-state index contributed by atoms with van der Waals surface area (Å²) in [7, 11) is 0. The van der Waals surface area contributed by atoms with Crippen molar-refractivity contribution in [3.05, 3.63) is 28.2 Å². The second kappa shape index (κ2) is 4.40. The molecule has 106 valence electrons. The Morgan fingerprint density at radius 2 is 2.11 bits per heavy atom. The molecule has 6 heteroatoms. The molecule has 1 atom stereocenters. The van der Waals surface area contributed by atoms with Crippen LogP contribution in [-0.2, 0) is 5.54 Å². The molecule has 0 fully saturated rings. The summed E-state index contributed by atoms with van der Waals surface area (Å²) in [6.07, 6.45) is -0.0863. The van der Waals surface area contributed by atoms with Gasteiger partial charge in [-0.1, -0.05) is 15.9 Å². The molecule has 1 heterocycles. The van der Waals surface area contributed by atoms with Crippen molar-refractivity contribution in [1.29, 1.82) is 0 Å². The van der Waals surface area contributed by atoms with Crippen LogP contribution in [0.4, 0.5) is 8.78 Å². The summed E-state index contributed by atoms with van der Waals surface area (Å²) in [5, 5.41) is 8.99. The Kier molecular flexibility index (Phi) is 3.40. The standard InChI is InChI=1S/C13H16BrF2NO2/c1-11(2)6-12(17,13(15,16)7-18)9-5-8(14)3-4-10(9)19-11/h3-5,18H,6-7,17H2,1-2H3/t12-/m0/s1. The fourth-order valence-electron chi connectivity index (χ4n) is 2.51. The molecule has 1 aliphatic rings. The lowest BCUT2D eigenvalue weighted by Gasteiger charge is -2.46. The number of alkyl halides is 2. The van der Waals surface area contributed by atoms with E-state index in [1.165, 1.54) is 6.07 Å². The smallest absolute Gasteiger partial charge is 0.292 e. The van der Waals surface area contributed by atoms with Crippen molar-refractivity contribution in [1.82, 2.24) is 0 Å². The predicted octanol–water partition coefficient (Wildman–Crippen LogP) is 2.79. The Balaban J connectivity index is 2.65. The Bertz CT molecular complexity index is 507. The fourth-order valence-corrected chi connectivity index (χ4v) is 2.87. The minimum absolute atomic E-state index is 0.0863. The number of hydrogen-bond donors (Lipinski definition) is 2. The molecule has 0 bridgehead atoms. The van der Waals surface area contributed by atoms with Crippen LogP contribution in [0.3, 0.4) is 0 Å². The van der Waals surface area contributed by atoms with E-state index >= 15 is 0 Å². The average molecular weight is 336 g/mol. The monoisotopic (exact) mass is 335 g/mol. The van der Waals surface area contributed by atoms with Crippen LogP contribution in [0.25, 0.3) is 0 Å². The van der Waals surface area contributed by atoms with Gasteiger partial charge in [0.25, 0.3) is 5.92 Å². The second-order valence-electron chi connectivity index (χ2n) is 5.51. The number of nitrogens with two attached hydrogens (primary N) is 1. The van der Waals surface area contributed by atoms with Crippen LogP contribution in [-0.4, -0.2) is 23.2 Å². The summed E-state index contributed by atoms with van der Waals surface area (Å²) in [5.74, 6) is -3.10. The largest absolute Gasteiger partial charge is 0.487 e. The van der Waals surface area contributed by atoms with Crippen molar-refractivity contribution in [2.75, 3.05) is 6.61 Å².